The first kappa shape index (κ1) is 17.1. The van der Waals surface area contributed by atoms with Gasteiger partial charge < -0.3 is 9.42 Å². The van der Waals surface area contributed by atoms with E-state index in [4.69, 9.17) is 4.52 Å². The highest BCUT2D eigenvalue weighted by Gasteiger charge is 2.22. The van der Waals surface area contributed by atoms with Crippen LogP contribution in [0.2, 0.25) is 0 Å². The van der Waals surface area contributed by atoms with Crippen LogP contribution in [0.25, 0.3) is 0 Å². The zero-order valence-corrected chi connectivity index (χ0v) is 15.4. The summed E-state index contributed by atoms with van der Waals surface area (Å²) in [7, 11) is 0. The monoisotopic (exact) mass is 348 g/mol. The number of piperazine rings is 1. The molecule has 0 saturated carbocycles. The van der Waals surface area contributed by atoms with Gasteiger partial charge in [0, 0.05) is 50.1 Å². The summed E-state index contributed by atoms with van der Waals surface area (Å²) in [5.74, 6) is 1.04. The first-order valence-electron chi connectivity index (χ1n) is 8.36. The Morgan fingerprint density at radius 2 is 2.00 bits per heavy atom. The van der Waals surface area contributed by atoms with E-state index >= 15 is 0 Å². The van der Waals surface area contributed by atoms with E-state index in [1.54, 1.807) is 11.3 Å². The SMILES string of the molecule is Cc1nc(CN2CCN(C(=O)CCc3c(C)noc3C)CC2)cs1. The Balaban J connectivity index is 1.45. The quantitative estimate of drug-likeness (QED) is 0.830. The van der Waals surface area contributed by atoms with Crippen LogP contribution in [0, 0.1) is 20.8 Å². The molecule has 0 spiro atoms. The Kier molecular flexibility index (Phi) is 5.30. The van der Waals surface area contributed by atoms with Crippen molar-refractivity contribution in [2.24, 2.45) is 0 Å². The minimum atomic E-state index is 0.221. The molecule has 1 aliphatic heterocycles. The highest BCUT2D eigenvalue weighted by atomic mass is 32.1. The van der Waals surface area contributed by atoms with E-state index in [1.165, 1.54) is 0 Å². The van der Waals surface area contributed by atoms with E-state index in [2.05, 4.69) is 20.4 Å². The minimum Gasteiger partial charge on any atom is -0.361 e. The van der Waals surface area contributed by atoms with Crippen LogP contribution in [0.4, 0.5) is 0 Å². The van der Waals surface area contributed by atoms with Crippen molar-refractivity contribution in [3.8, 4) is 0 Å². The molecule has 1 saturated heterocycles. The third-order valence-corrected chi connectivity index (χ3v) is 5.37. The normalized spacial score (nSPS) is 15.9. The predicted octanol–water partition coefficient (Wildman–Crippen LogP) is 2.33. The summed E-state index contributed by atoms with van der Waals surface area (Å²) in [6, 6.07) is 0. The summed E-state index contributed by atoms with van der Waals surface area (Å²) >= 11 is 1.69. The Morgan fingerprint density at radius 1 is 1.25 bits per heavy atom. The van der Waals surface area contributed by atoms with Crippen molar-refractivity contribution < 1.29 is 9.32 Å². The average molecular weight is 348 g/mol. The summed E-state index contributed by atoms with van der Waals surface area (Å²) in [6.07, 6.45) is 1.23. The van der Waals surface area contributed by atoms with Crippen LogP contribution in [0.1, 0.15) is 34.1 Å². The average Bonchev–Trinajstić information content (AvgIpc) is 3.12. The first-order valence-corrected chi connectivity index (χ1v) is 9.24. The van der Waals surface area contributed by atoms with Crippen molar-refractivity contribution in [3.05, 3.63) is 33.1 Å². The van der Waals surface area contributed by atoms with E-state index in [0.29, 0.717) is 12.8 Å². The zero-order chi connectivity index (χ0) is 17.1. The molecule has 7 heteroatoms. The molecule has 3 rings (SSSR count). The van der Waals surface area contributed by atoms with E-state index in [0.717, 1.165) is 60.4 Å². The fourth-order valence-corrected chi connectivity index (χ4v) is 3.72. The highest BCUT2D eigenvalue weighted by molar-refractivity contribution is 7.09. The Morgan fingerprint density at radius 3 is 2.58 bits per heavy atom. The number of hydrogen-bond acceptors (Lipinski definition) is 6. The molecule has 6 nitrogen and oxygen atoms in total. The number of thiazole rings is 1. The summed E-state index contributed by atoms with van der Waals surface area (Å²) in [6.45, 7) is 10.2. The van der Waals surface area contributed by atoms with Gasteiger partial charge in [0.05, 0.1) is 16.4 Å². The number of nitrogens with zero attached hydrogens (tertiary/aromatic N) is 4. The Labute approximate surface area is 146 Å². The van der Waals surface area contributed by atoms with Crippen molar-refractivity contribution in [1.82, 2.24) is 19.9 Å². The van der Waals surface area contributed by atoms with Gasteiger partial charge in [0.15, 0.2) is 0 Å². The van der Waals surface area contributed by atoms with Crippen molar-refractivity contribution in [3.63, 3.8) is 0 Å². The molecule has 0 aromatic carbocycles. The van der Waals surface area contributed by atoms with Crippen molar-refractivity contribution >= 4 is 17.2 Å². The maximum atomic E-state index is 12.4. The number of carbonyl (C=O) groups excluding carboxylic acids is 1. The molecule has 24 heavy (non-hydrogen) atoms. The number of hydrogen-bond donors (Lipinski definition) is 0. The number of aryl methyl sites for hydroxylation is 3. The molecule has 0 aliphatic carbocycles. The van der Waals surface area contributed by atoms with E-state index in [9.17, 15) is 4.79 Å². The minimum absolute atomic E-state index is 0.221. The van der Waals surface area contributed by atoms with E-state index < -0.39 is 0 Å². The molecule has 3 heterocycles. The predicted molar refractivity (Wildman–Crippen MR) is 93.0 cm³/mol. The van der Waals surface area contributed by atoms with Gasteiger partial charge in [0.1, 0.15) is 5.76 Å². The second-order valence-electron chi connectivity index (χ2n) is 6.32. The fourth-order valence-electron chi connectivity index (χ4n) is 3.11. The molecule has 1 fully saturated rings. The molecule has 2 aromatic heterocycles. The van der Waals surface area contributed by atoms with Gasteiger partial charge in [0.25, 0.3) is 0 Å². The molecular formula is C17H24N4O2S. The number of rotatable bonds is 5. The topological polar surface area (TPSA) is 62.5 Å². The molecule has 1 amide bonds. The lowest BCUT2D eigenvalue weighted by Crippen LogP contribution is -2.48. The number of carbonyl (C=O) groups is 1. The molecule has 0 atom stereocenters. The van der Waals surface area contributed by atoms with Gasteiger partial charge in [-0.25, -0.2) is 4.98 Å². The van der Waals surface area contributed by atoms with E-state index in [-0.39, 0.29) is 5.91 Å². The van der Waals surface area contributed by atoms with Crippen LogP contribution < -0.4 is 0 Å². The summed E-state index contributed by atoms with van der Waals surface area (Å²) in [5, 5.41) is 7.18. The lowest BCUT2D eigenvalue weighted by atomic mass is 10.1. The van der Waals surface area contributed by atoms with E-state index in [1.807, 2.05) is 25.7 Å². The van der Waals surface area contributed by atoms with Gasteiger partial charge in [-0.05, 0) is 27.2 Å². The van der Waals surface area contributed by atoms with Crippen LogP contribution >= 0.6 is 11.3 Å². The summed E-state index contributed by atoms with van der Waals surface area (Å²) in [5.41, 5.74) is 3.10. The highest BCUT2D eigenvalue weighted by Crippen LogP contribution is 2.16. The third kappa shape index (κ3) is 4.02. The molecular weight excluding hydrogens is 324 g/mol. The lowest BCUT2D eigenvalue weighted by Gasteiger charge is -2.34. The van der Waals surface area contributed by atoms with Crippen LogP contribution in [0.15, 0.2) is 9.90 Å². The van der Waals surface area contributed by atoms with Crippen molar-refractivity contribution in [2.45, 2.75) is 40.2 Å². The van der Waals surface area contributed by atoms with Gasteiger partial charge in [-0.3, -0.25) is 9.69 Å². The van der Waals surface area contributed by atoms with Crippen LogP contribution in [0.3, 0.4) is 0 Å². The lowest BCUT2D eigenvalue weighted by molar-refractivity contribution is -0.133. The molecule has 0 bridgehead atoms. The third-order valence-electron chi connectivity index (χ3n) is 4.55. The van der Waals surface area contributed by atoms with Crippen LogP contribution in [0.5, 0.6) is 0 Å². The molecule has 130 valence electrons. The molecule has 1 aliphatic rings. The summed E-state index contributed by atoms with van der Waals surface area (Å²) < 4.78 is 5.16. The largest absolute Gasteiger partial charge is 0.361 e. The maximum Gasteiger partial charge on any atom is 0.222 e. The molecule has 0 unspecified atom stereocenters. The second-order valence-corrected chi connectivity index (χ2v) is 7.38. The van der Waals surface area contributed by atoms with Gasteiger partial charge in [-0.15, -0.1) is 11.3 Å². The van der Waals surface area contributed by atoms with Crippen LogP contribution in [-0.4, -0.2) is 52.0 Å². The van der Waals surface area contributed by atoms with Crippen LogP contribution in [-0.2, 0) is 17.8 Å². The van der Waals surface area contributed by atoms with Crippen molar-refractivity contribution in [1.29, 1.82) is 0 Å². The molecule has 2 aromatic rings. The van der Waals surface area contributed by atoms with Gasteiger partial charge in [0.2, 0.25) is 5.91 Å². The first-order chi connectivity index (χ1) is 11.5. The van der Waals surface area contributed by atoms with Gasteiger partial charge in [-0.2, -0.15) is 0 Å². The second kappa shape index (κ2) is 7.44. The van der Waals surface area contributed by atoms with Gasteiger partial charge in [-0.1, -0.05) is 5.16 Å². The molecule has 0 radical (unpaired) electrons. The standard InChI is InChI=1S/C17H24N4O2S/c1-12-16(13(2)23-19-12)4-5-17(22)21-8-6-20(7-9-21)10-15-11-24-14(3)18-15/h11H,4-10H2,1-3H3. The molecule has 0 N–H and O–H groups in total. The fraction of sp³-hybridized carbons (Fsp3) is 0.588. The maximum absolute atomic E-state index is 12.4. The Bertz CT molecular complexity index is 682. The number of aromatic nitrogens is 2. The summed E-state index contributed by atoms with van der Waals surface area (Å²) in [4.78, 5) is 21.3. The van der Waals surface area contributed by atoms with Crippen molar-refractivity contribution in [2.75, 3.05) is 26.2 Å². The number of amides is 1. The smallest absolute Gasteiger partial charge is 0.222 e. The zero-order valence-electron chi connectivity index (χ0n) is 14.5. The Hall–Kier alpha value is -1.73. The van der Waals surface area contributed by atoms with Gasteiger partial charge >= 0.3 is 0 Å².